The molecule has 1 heterocycles. The summed E-state index contributed by atoms with van der Waals surface area (Å²) in [4.78, 5) is 36.2. The normalized spacial score (nSPS) is 13.6. The summed E-state index contributed by atoms with van der Waals surface area (Å²) in [5, 5.41) is 11.3. The number of amides is 1. The van der Waals surface area contributed by atoms with E-state index in [9.17, 15) is 19.7 Å². The molecule has 152 valence electrons. The highest BCUT2D eigenvalue weighted by atomic mass is 35.5. The van der Waals surface area contributed by atoms with Gasteiger partial charge in [0.1, 0.15) is 5.75 Å². The van der Waals surface area contributed by atoms with Crippen LogP contribution in [0, 0.1) is 10.1 Å². The largest absolute Gasteiger partial charge is 0.452 e. The van der Waals surface area contributed by atoms with Gasteiger partial charge in [-0.2, -0.15) is 0 Å². The van der Waals surface area contributed by atoms with E-state index in [4.69, 9.17) is 25.8 Å². The van der Waals surface area contributed by atoms with Crippen molar-refractivity contribution in [2.24, 2.45) is 0 Å². The number of carbonyl (C=O) groups excluding carboxylic acids is 2. The third-order valence-corrected chi connectivity index (χ3v) is 4.36. The topological polar surface area (TPSA) is 108 Å². The zero-order valence-electron chi connectivity index (χ0n) is 15.2. The number of nitrogens with zero attached hydrogens (tertiary/aromatic N) is 2. The molecule has 1 amide bonds. The number of nitro groups is 1. The maximum absolute atomic E-state index is 12.1. The van der Waals surface area contributed by atoms with E-state index in [1.807, 2.05) is 0 Å². The molecule has 1 aliphatic heterocycles. The number of hydrogen-bond donors (Lipinski definition) is 0. The number of halogens is 1. The van der Waals surface area contributed by atoms with Crippen molar-refractivity contribution < 1.29 is 28.7 Å². The molecule has 0 radical (unpaired) electrons. The van der Waals surface area contributed by atoms with Crippen LogP contribution >= 0.6 is 11.6 Å². The van der Waals surface area contributed by atoms with Crippen LogP contribution in [-0.2, 0) is 14.3 Å². The van der Waals surface area contributed by atoms with E-state index < -0.39 is 10.9 Å². The molecule has 0 spiro atoms. The third kappa shape index (κ3) is 5.43. The fraction of sp³-hybridized carbons (Fsp3) is 0.263. The Bertz CT molecular complexity index is 911. The molecular formula is C19H17ClN2O7. The lowest BCUT2D eigenvalue weighted by atomic mass is 10.2. The lowest BCUT2D eigenvalue weighted by molar-refractivity contribution is -0.385. The summed E-state index contributed by atoms with van der Waals surface area (Å²) < 4.78 is 15.7. The first-order chi connectivity index (χ1) is 13.9. The highest BCUT2D eigenvalue weighted by Gasteiger charge is 2.19. The minimum Gasteiger partial charge on any atom is -0.452 e. The summed E-state index contributed by atoms with van der Waals surface area (Å²) in [6, 6.07) is 9.88. The van der Waals surface area contributed by atoms with Crippen LogP contribution in [0.3, 0.4) is 0 Å². The van der Waals surface area contributed by atoms with Crippen molar-refractivity contribution in [3.8, 4) is 11.5 Å². The second-order valence-corrected chi connectivity index (χ2v) is 6.50. The molecule has 9 nitrogen and oxygen atoms in total. The van der Waals surface area contributed by atoms with Crippen molar-refractivity contribution >= 4 is 29.2 Å². The first-order valence-electron chi connectivity index (χ1n) is 8.68. The van der Waals surface area contributed by atoms with Gasteiger partial charge in [0.25, 0.3) is 5.91 Å². The molecule has 2 aromatic carbocycles. The number of benzene rings is 2. The number of carbonyl (C=O) groups is 2. The van der Waals surface area contributed by atoms with E-state index in [-0.39, 0.29) is 40.3 Å². The standard InChI is InChI=1S/C19H17ClN2O7/c20-14-3-6-17(16(11-14)22(25)26)29-15-4-1-13(2-5-15)19(24)28-12-18(23)21-7-9-27-10-8-21/h1-6,11H,7-10,12H2. The number of rotatable bonds is 6. The minimum absolute atomic E-state index is 0.0193. The van der Waals surface area contributed by atoms with Gasteiger partial charge in [0.2, 0.25) is 5.75 Å². The summed E-state index contributed by atoms with van der Waals surface area (Å²) in [7, 11) is 0. The predicted molar refractivity (Wildman–Crippen MR) is 102 cm³/mol. The van der Waals surface area contributed by atoms with Crippen LogP contribution in [0.1, 0.15) is 10.4 Å². The number of morpholine rings is 1. The van der Waals surface area contributed by atoms with E-state index in [0.717, 1.165) is 0 Å². The fourth-order valence-corrected chi connectivity index (χ4v) is 2.79. The lowest BCUT2D eigenvalue weighted by Gasteiger charge is -2.26. The van der Waals surface area contributed by atoms with Gasteiger partial charge in [-0.25, -0.2) is 4.79 Å². The number of ether oxygens (including phenoxy) is 3. The maximum atomic E-state index is 12.1. The zero-order valence-corrected chi connectivity index (χ0v) is 16.0. The minimum atomic E-state index is -0.657. The molecule has 0 aromatic heterocycles. The average molecular weight is 421 g/mol. The zero-order chi connectivity index (χ0) is 20.8. The van der Waals surface area contributed by atoms with Gasteiger partial charge in [-0.05, 0) is 36.4 Å². The van der Waals surface area contributed by atoms with Gasteiger partial charge < -0.3 is 19.1 Å². The van der Waals surface area contributed by atoms with Crippen LogP contribution in [0.15, 0.2) is 42.5 Å². The Balaban J connectivity index is 1.59. The molecule has 1 saturated heterocycles. The average Bonchev–Trinajstić information content (AvgIpc) is 2.74. The van der Waals surface area contributed by atoms with Gasteiger partial charge in [0, 0.05) is 24.2 Å². The first-order valence-corrected chi connectivity index (χ1v) is 9.06. The second-order valence-electron chi connectivity index (χ2n) is 6.06. The van der Waals surface area contributed by atoms with Gasteiger partial charge in [0.15, 0.2) is 6.61 Å². The molecule has 0 bridgehead atoms. The molecule has 10 heteroatoms. The molecular weight excluding hydrogens is 404 g/mol. The summed E-state index contributed by atoms with van der Waals surface area (Å²) in [6.45, 7) is 1.52. The van der Waals surface area contributed by atoms with Crippen LogP contribution < -0.4 is 4.74 Å². The van der Waals surface area contributed by atoms with Crippen LogP contribution in [-0.4, -0.2) is 54.6 Å². The highest BCUT2D eigenvalue weighted by molar-refractivity contribution is 6.30. The number of nitro benzene ring substituents is 1. The van der Waals surface area contributed by atoms with E-state index in [1.165, 1.54) is 42.5 Å². The Morgan fingerprint density at radius 2 is 1.83 bits per heavy atom. The van der Waals surface area contributed by atoms with E-state index in [2.05, 4.69) is 0 Å². The smallest absolute Gasteiger partial charge is 0.338 e. The Kier molecular flexibility index (Phi) is 6.63. The third-order valence-electron chi connectivity index (χ3n) is 4.13. The Labute approximate surface area is 170 Å². The summed E-state index contributed by atoms with van der Waals surface area (Å²) in [6.07, 6.45) is 0. The Morgan fingerprint density at radius 1 is 1.14 bits per heavy atom. The van der Waals surface area contributed by atoms with E-state index in [1.54, 1.807) is 4.90 Å². The number of hydrogen-bond acceptors (Lipinski definition) is 7. The van der Waals surface area contributed by atoms with Crippen LogP contribution in [0.25, 0.3) is 0 Å². The highest BCUT2D eigenvalue weighted by Crippen LogP contribution is 2.33. The Hall–Kier alpha value is -3.17. The van der Waals surface area contributed by atoms with Crippen molar-refractivity contribution in [1.29, 1.82) is 0 Å². The van der Waals surface area contributed by atoms with E-state index >= 15 is 0 Å². The molecule has 0 N–H and O–H groups in total. The molecule has 29 heavy (non-hydrogen) atoms. The Morgan fingerprint density at radius 3 is 2.48 bits per heavy atom. The van der Waals surface area contributed by atoms with Gasteiger partial charge in [0.05, 0.1) is 23.7 Å². The first kappa shape index (κ1) is 20.6. The van der Waals surface area contributed by atoms with Crippen molar-refractivity contribution in [3.63, 3.8) is 0 Å². The fourth-order valence-electron chi connectivity index (χ4n) is 2.62. The quantitative estimate of drug-likeness (QED) is 0.401. The van der Waals surface area contributed by atoms with Crippen LogP contribution in [0.2, 0.25) is 5.02 Å². The monoisotopic (exact) mass is 420 g/mol. The van der Waals surface area contributed by atoms with Gasteiger partial charge in [-0.15, -0.1) is 0 Å². The second kappa shape index (κ2) is 9.35. The number of esters is 1. The molecule has 0 saturated carbocycles. The van der Waals surface area contributed by atoms with Crippen molar-refractivity contribution in [1.82, 2.24) is 4.90 Å². The molecule has 0 atom stereocenters. The lowest BCUT2D eigenvalue weighted by Crippen LogP contribution is -2.42. The van der Waals surface area contributed by atoms with Gasteiger partial charge in [-0.1, -0.05) is 11.6 Å². The molecule has 0 aliphatic carbocycles. The van der Waals surface area contributed by atoms with Crippen molar-refractivity contribution in [2.75, 3.05) is 32.9 Å². The van der Waals surface area contributed by atoms with Crippen molar-refractivity contribution in [3.05, 3.63) is 63.2 Å². The molecule has 1 fully saturated rings. The summed E-state index contributed by atoms with van der Waals surface area (Å²) in [5.74, 6) is -0.630. The SMILES string of the molecule is O=C(OCC(=O)N1CCOCC1)c1ccc(Oc2ccc(Cl)cc2[N+](=O)[O-])cc1. The van der Waals surface area contributed by atoms with Crippen LogP contribution in [0.5, 0.6) is 11.5 Å². The van der Waals surface area contributed by atoms with Gasteiger partial charge in [-0.3, -0.25) is 14.9 Å². The summed E-state index contributed by atoms with van der Waals surface area (Å²) >= 11 is 5.78. The molecule has 1 aliphatic rings. The van der Waals surface area contributed by atoms with Gasteiger partial charge >= 0.3 is 11.7 Å². The predicted octanol–water partition coefficient (Wildman–Crippen LogP) is 3.06. The van der Waals surface area contributed by atoms with E-state index in [0.29, 0.717) is 26.3 Å². The maximum Gasteiger partial charge on any atom is 0.338 e. The van der Waals surface area contributed by atoms with Crippen LogP contribution in [0.4, 0.5) is 5.69 Å². The molecule has 2 aromatic rings. The summed E-state index contributed by atoms with van der Waals surface area (Å²) in [5.41, 5.74) is -0.0552. The molecule has 3 rings (SSSR count). The van der Waals surface area contributed by atoms with Crippen molar-refractivity contribution in [2.45, 2.75) is 0 Å². The molecule has 0 unspecified atom stereocenters.